The van der Waals surface area contributed by atoms with Gasteiger partial charge in [0.1, 0.15) is 5.82 Å². The Labute approximate surface area is 160 Å². The van der Waals surface area contributed by atoms with Crippen LogP contribution in [0.15, 0.2) is 54.6 Å². The van der Waals surface area contributed by atoms with E-state index < -0.39 is 11.7 Å². The van der Waals surface area contributed by atoms with Crippen molar-refractivity contribution in [3.63, 3.8) is 0 Å². The van der Waals surface area contributed by atoms with Crippen LogP contribution < -0.4 is 11.1 Å². The third kappa shape index (κ3) is 2.99. The van der Waals surface area contributed by atoms with E-state index >= 15 is 0 Å². The Morgan fingerprint density at radius 2 is 1.96 bits per heavy atom. The van der Waals surface area contributed by atoms with Crippen LogP contribution in [0.25, 0.3) is 21.8 Å². The Kier molecular flexibility index (Phi) is 4.31. The molecular weight excluding hydrogens is 357 g/mol. The minimum Gasteiger partial charge on any atom is -0.366 e. The minimum atomic E-state index is -0.574. The first-order valence-electron chi connectivity index (χ1n) is 8.73. The molecule has 0 bridgehead atoms. The number of carbonyl (C=O) groups is 2. The number of aromatic nitrogens is 1. The molecule has 2 amide bonds. The summed E-state index contributed by atoms with van der Waals surface area (Å²) in [7, 11) is 0. The van der Waals surface area contributed by atoms with Crippen LogP contribution in [0.2, 0.25) is 0 Å². The Bertz CT molecular complexity index is 1240. The first-order chi connectivity index (χ1) is 13.5. The van der Waals surface area contributed by atoms with E-state index in [9.17, 15) is 14.0 Å². The van der Waals surface area contributed by atoms with Gasteiger partial charge in [0.2, 0.25) is 11.8 Å². The van der Waals surface area contributed by atoms with E-state index in [4.69, 9.17) is 5.73 Å². The predicted octanol–water partition coefficient (Wildman–Crippen LogP) is 3.84. The summed E-state index contributed by atoms with van der Waals surface area (Å²) in [5, 5.41) is 3.85. The van der Waals surface area contributed by atoms with Crippen molar-refractivity contribution < 1.29 is 14.0 Å². The van der Waals surface area contributed by atoms with Crippen LogP contribution in [0.5, 0.6) is 0 Å². The first-order valence-corrected chi connectivity index (χ1v) is 8.73. The number of nitrogens with two attached hydrogens (primary N) is 1. The molecule has 0 unspecified atom stereocenters. The molecule has 3 N–H and O–H groups in total. The number of benzene rings is 3. The van der Waals surface area contributed by atoms with Crippen molar-refractivity contribution in [1.29, 1.82) is 0 Å². The van der Waals surface area contributed by atoms with Crippen molar-refractivity contribution >= 4 is 39.3 Å². The molecule has 5 nitrogen and oxygen atoms in total. The zero-order chi connectivity index (χ0) is 19.8. The molecule has 0 fully saturated rings. The van der Waals surface area contributed by atoms with Crippen molar-refractivity contribution in [2.75, 3.05) is 5.32 Å². The molecule has 0 atom stereocenters. The van der Waals surface area contributed by atoms with E-state index in [1.165, 1.54) is 19.1 Å². The second-order valence-corrected chi connectivity index (χ2v) is 6.58. The average molecular weight is 374 g/mol. The number of anilines is 1. The number of hydrogen-bond donors (Lipinski definition) is 2. The molecule has 4 rings (SSSR count). The van der Waals surface area contributed by atoms with Crippen LogP contribution in [-0.4, -0.2) is 16.4 Å². The molecule has 0 aliphatic heterocycles. The first kappa shape index (κ1) is 17.7. The van der Waals surface area contributed by atoms with Gasteiger partial charge >= 0.3 is 0 Å². The van der Waals surface area contributed by atoms with Gasteiger partial charge in [-0.3, -0.25) is 9.59 Å². The monoisotopic (exact) mass is 374 g/mol. The zero-order valence-corrected chi connectivity index (χ0v) is 15.1. The largest absolute Gasteiger partial charge is 0.366 e. The van der Waals surface area contributed by atoms with Gasteiger partial charge in [-0.25, -0.2) is 4.39 Å². The zero-order valence-electron chi connectivity index (χ0n) is 15.1. The summed E-state index contributed by atoms with van der Waals surface area (Å²) < 4.78 is 16.6. The summed E-state index contributed by atoms with van der Waals surface area (Å²) in [4.78, 5) is 23.2. The van der Waals surface area contributed by atoms with Crippen LogP contribution in [-0.2, 0) is 11.3 Å². The van der Waals surface area contributed by atoms with Gasteiger partial charge in [-0.05, 0) is 42.0 Å². The molecule has 4 aromatic rings. The van der Waals surface area contributed by atoms with Gasteiger partial charge in [-0.1, -0.05) is 24.3 Å². The highest BCUT2D eigenvalue weighted by Crippen LogP contribution is 2.33. The number of amides is 2. The third-order valence-electron chi connectivity index (χ3n) is 4.63. The number of primary amides is 1. The van der Waals surface area contributed by atoms with E-state index in [2.05, 4.69) is 11.4 Å². The van der Waals surface area contributed by atoms with Gasteiger partial charge in [0.05, 0.1) is 11.0 Å². The standard InChI is InChI=1S/C22H17FN3O2/c1-13(27)25-15-6-2-5-14(11-15)12-26-19-10-4-8-17(22(24)28)20(19)16-7-3-9-18(23)21(16)26/h2-6,8-11H,12H2,1H3,(H2,24,28)(H,25,27). The summed E-state index contributed by atoms with van der Waals surface area (Å²) in [6, 6.07) is 18.4. The molecular formula is C22H17FN3O2. The lowest BCUT2D eigenvalue weighted by atomic mass is 10.1. The van der Waals surface area contributed by atoms with Gasteiger partial charge in [0, 0.05) is 35.5 Å². The maximum Gasteiger partial charge on any atom is 0.249 e. The van der Waals surface area contributed by atoms with Gasteiger partial charge in [-0.15, -0.1) is 0 Å². The number of carbonyl (C=O) groups excluding carboxylic acids is 2. The molecule has 1 aromatic heterocycles. The molecule has 0 saturated heterocycles. The topological polar surface area (TPSA) is 77.1 Å². The number of hydrogen-bond acceptors (Lipinski definition) is 2. The summed E-state index contributed by atoms with van der Waals surface area (Å²) >= 11 is 0. The highest BCUT2D eigenvalue weighted by molar-refractivity contribution is 6.17. The van der Waals surface area contributed by atoms with E-state index in [1.54, 1.807) is 22.8 Å². The number of rotatable bonds is 4. The van der Waals surface area contributed by atoms with E-state index in [0.29, 0.717) is 39.6 Å². The molecule has 6 heteroatoms. The highest BCUT2D eigenvalue weighted by Gasteiger charge is 2.19. The molecule has 1 heterocycles. The normalized spacial score (nSPS) is 11.1. The Balaban J connectivity index is 1.95. The van der Waals surface area contributed by atoms with Crippen LogP contribution in [0.1, 0.15) is 22.8 Å². The summed E-state index contributed by atoms with van der Waals surface area (Å²) in [6.07, 6.45) is 0. The van der Waals surface area contributed by atoms with Crippen molar-refractivity contribution in [1.82, 2.24) is 4.57 Å². The van der Waals surface area contributed by atoms with Crippen LogP contribution in [0.4, 0.5) is 10.1 Å². The molecule has 3 aromatic carbocycles. The van der Waals surface area contributed by atoms with Crippen molar-refractivity contribution in [2.45, 2.75) is 13.5 Å². The average Bonchev–Trinajstić information content (AvgIpc) is 2.97. The Hall–Kier alpha value is -3.67. The van der Waals surface area contributed by atoms with E-state index in [0.717, 1.165) is 5.56 Å². The quantitative estimate of drug-likeness (QED) is 0.569. The second kappa shape index (κ2) is 6.81. The number of fused-ring (bicyclic) bond motifs is 3. The van der Waals surface area contributed by atoms with E-state index in [-0.39, 0.29) is 5.91 Å². The Morgan fingerprint density at radius 3 is 2.71 bits per heavy atom. The van der Waals surface area contributed by atoms with Gasteiger partial charge in [0.25, 0.3) is 0 Å². The maximum atomic E-state index is 14.8. The lowest BCUT2D eigenvalue weighted by Gasteiger charge is -2.10. The molecule has 0 saturated carbocycles. The number of nitrogens with zero attached hydrogens (tertiary/aromatic N) is 1. The van der Waals surface area contributed by atoms with Crippen LogP contribution in [0, 0.1) is 11.9 Å². The minimum absolute atomic E-state index is 0.166. The Morgan fingerprint density at radius 1 is 1.18 bits per heavy atom. The summed E-state index contributed by atoms with van der Waals surface area (Å²) in [5.74, 6) is -1.14. The fraction of sp³-hybridized carbons (Fsp3) is 0.0909. The van der Waals surface area contributed by atoms with Crippen LogP contribution >= 0.6 is 0 Å². The summed E-state index contributed by atoms with van der Waals surface area (Å²) in [5.41, 5.74) is 8.46. The second-order valence-electron chi connectivity index (χ2n) is 6.58. The van der Waals surface area contributed by atoms with Crippen molar-refractivity contribution in [3.05, 3.63) is 77.6 Å². The lowest BCUT2D eigenvalue weighted by Crippen LogP contribution is -2.11. The van der Waals surface area contributed by atoms with Crippen molar-refractivity contribution in [3.8, 4) is 0 Å². The maximum absolute atomic E-state index is 14.8. The lowest BCUT2D eigenvalue weighted by molar-refractivity contribution is -0.114. The molecule has 28 heavy (non-hydrogen) atoms. The van der Waals surface area contributed by atoms with Crippen molar-refractivity contribution in [2.24, 2.45) is 5.73 Å². The third-order valence-corrected chi connectivity index (χ3v) is 4.63. The van der Waals surface area contributed by atoms with Gasteiger partial charge < -0.3 is 15.6 Å². The van der Waals surface area contributed by atoms with Crippen LogP contribution in [0.3, 0.4) is 0 Å². The number of nitrogens with one attached hydrogen (secondary N) is 1. The molecule has 0 aliphatic rings. The van der Waals surface area contributed by atoms with Gasteiger partial charge in [-0.2, -0.15) is 0 Å². The molecule has 139 valence electrons. The van der Waals surface area contributed by atoms with Gasteiger partial charge in [0.15, 0.2) is 0 Å². The smallest absolute Gasteiger partial charge is 0.249 e. The summed E-state index contributed by atoms with van der Waals surface area (Å²) in [6.45, 7) is 1.79. The number of halogens is 1. The SMILES string of the molecule is CC(=O)Nc1cccc(Cn2c3cccc(C(N)=O)c3c3[c]ccc(F)c32)c1. The van der Waals surface area contributed by atoms with E-state index in [1.807, 2.05) is 24.3 Å². The molecule has 1 radical (unpaired) electrons. The fourth-order valence-corrected chi connectivity index (χ4v) is 3.57. The fourth-order valence-electron chi connectivity index (χ4n) is 3.57. The molecule has 0 aliphatic carbocycles. The predicted molar refractivity (Wildman–Crippen MR) is 107 cm³/mol. The highest BCUT2D eigenvalue weighted by atomic mass is 19.1. The molecule has 0 spiro atoms.